The first-order valence-electron chi connectivity index (χ1n) is 8.32. The van der Waals surface area contributed by atoms with Crippen LogP contribution in [-0.2, 0) is 19.1 Å². The lowest BCUT2D eigenvalue weighted by Crippen LogP contribution is -2.38. The molecular weight excluding hydrogens is 348 g/mol. The number of hydrogen-bond acceptors (Lipinski definition) is 5. The van der Waals surface area contributed by atoms with Crippen LogP contribution in [0.1, 0.15) is 27.6 Å². The van der Waals surface area contributed by atoms with Crippen LogP contribution in [0.4, 0.5) is 5.69 Å². The highest BCUT2D eigenvalue weighted by Gasteiger charge is 2.18. The number of anilines is 1. The third kappa shape index (κ3) is 5.39. The molecule has 0 saturated carbocycles. The van der Waals surface area contributed by atoms with Crippen molar-refractivity contribution in [2.45, 2.75) is 13.0 Å². The van der Waals surface area contributed by atoms with Gasteiger partial charge in [0.2, 0.25) is 0 Å². The van der Waals surface area contributed by atoms with Crippen LogP contribution in [-0.4, -0.2) is 38.5 Å². The summed E-state index contributed by atoms with van der Waals surface area (Å²) >= 11 is 0. The highest BCUT2D eigenvalue weighted by atomic mass is 16.5. The summed E-state index contributed by atoms with van der Waals surface area (Å²) in [6, 6.07) is 13.7. The molecular formula is C20H22N2O5. The first-order chi connectivity index (χ1) is 13.0. The van der Waals surface area contributed by atoms with Crippen LogP contribution in [0.25, 0.3) is 0 Å². The first kappa shape index (κ1) is 20.1. The minimum atomic E-state index is -0.805. The van der Waals surface area contributed by atoms with E-state index in [-0.39, 0.29) is 12.6 Å². The standard InChI is InChI=1S/C20H22N2O5/c1-13-6-4-5-7-16(13)17(26-2)12-21-18(23)19(24)22-15-10-8-14(9-11-15)20(25)27-3/h4-11,17H,12H2,1-3H3,(H,21,23)(H,22,24)/t17-/m0/s1. The van der Waals surface area contributed by atoms with Crippen LogP contribution >= 0.6 is 0 Å². The molecule has 0 aliphatic heterocycles. The van der Waals surface area contributed by atoms with E-state index in [1.807, 2.05) is 31.2 Å². The number of rotatable bonds is 6. The van der Waals surface area contributed by atoms with Gasteiger partial charge in [0.1, 0.15) is 0 Å². The fourth-order valence-electron chi connectivity index (χ4n) is 2.53. The molecule has 7 heteroatoms. The molecule has 2 aromatic rings. The second-order valence-electron chi connectivity index (χ2n) is 5.81. The van der Waals surface area contributed by atoms with Crippen LogP contribution < -0.4 is 10.6 Å². The number of carbonyl (C=O) groups is 3. The number of nitrogens with one attached hydrogen (secondary N) is 2. The monoisotopic (exact) mass is 370 g/mol. The van der Waals surface area contributed by atoms with Crippen LogP contribution in [0.3, 0.4) is 0 Å². The second kappa shape index (κ2) is 9.49. The maximum atomic E-state index is 12.1. The number of hydrogen-bond donors (Lipinski definition) is 2. The van der Waals surface area contributed by atoms with Crippen molar-refractivity contribution in [3.63, 3.8) is 0 Å². The van der Waals surface area contributed by atoms with Crippen molar-refractivity contribution in [3.05, 3.63) is 65.2 Å². The Hall–Kier alpha value is -3.19. The zero-order valence-electron chi connectivity index (χ0n) is 15.4. The Labute approximate surface area is 157 Å². The van der Waals surface area contributed by atoms with Crippen molar-refractivity contribution in [2.75, 3.05) is 26.1 Å². The van der Waals surface area contributed by atoms with Crippen molar-refractivity contribution in [2.24, 2.45) is 0 Å². The third-order valence-corrected chi connectivity index (χ3v) is 4.04. The van der Waals surface area contributed by atoms with Gasteiger partial charge >= 0.3 is 17.8 Å². The molecule has 2 amide bonds. The average Bonchev–Trinajstić information content (AvgIpc) is 2.69. The minimum absolute atomic E-state index is 0.162. The predicted octanol–water partition coefficient (Wildman–Crippen LogP) is 2.22. The molecule has 0 aliphatic rings. The number of esters is 1. The van der Waals surface area contributed by atoms with E-state index < -0.39 is 17.8 Å². The molecule has 7 nitrogen and oxygen atoms in total. The number of amides is 2. The quantitative estimate of drug-likeness (QED) is 0.601. The molecule has 0 unspecified atom stereocenters. The summed E-state index contributed by atoms with van der Waals surface area (Å²) in [5, 5.41) is 5.04. The van der Waals surface area contributed by atoms with Crippen LogP contribution in [0, 0.1) is 6.92 Å². The van der Waals surface area contributed by atoms with E-state index in [2.05, 4.69) is 15.4 Å². The van der Waals surface area contributed by atoms with Gasteiger partial charge in [0, 0.05) is 19.3 Å². The maximum Gasteiger partial charge on any atom is 0.337 e. The molecule has 0 saturated heterocycles. The van der Waals surface area contributed by atoms with Gasteiger partial charge in [-0.05, 0) is 42.3 Å². The second-order valence-corrected chi connectivity index (χ2v) is 5.81. The van der Waals surface area contributed by atoms with E-state index in [0.717, 1.165) is 11.1 Å². The Morgan fingerprint density at radius 1 is 0.963 bits per heavy atom. The average molecular weight is 370 g/mol. The topological polar surface area (TPSA) is 93.7 Å². The molecule has 0 fully saturated rings. The molecule has 0 aromatic heterocycles. The number of ether oxygens (including phenoxy) is 2. The van der Waals surface area contributed by atoms with Crippen molar-refractivity contribution in [1.29, 1.82) is 0 Å². The van der Waals surface area contributed by atoms with Gasteiger partial charge in [-0.2, -0.15) is 0 Å². The van der Waals surface area contributed by atoms with Gasteiger partial charge in [0.25, 0.3) is 0 Å². The van der Waals surface area contributed by atoms with Crippen LogP contribution in [0.2, 0.25) is 0 Å². The highest BCUT2D eigenvalue weighted by Crippen LogP contribution is 2.19. The van der Waals surface area contributed by atoms with Gasteiger partial charge in [-0.3, -0.25) is 9.59 Å². The van der Waals surface area contributed by atoms with Crippen LogP contribution in [0.15, 0.2) is 48.5 Å². The lowest BCUT2D eigenvalue weighted by Gasteiger charge is -2.18. The summed E-state index contributed by atoms with van der Waals surface area (Å²) in [6.07, 6.45) is -0.359. The van der Waals surface area contributed by atoms with Gasteiger partial charge in [-0.1, -0.05) is 24.3 Å². The Balaban J connectivity index is 1.92. The molecule has 142 valence electrons. The third-order valence-electron chi connectivity index (χ3n) is 4.04. The summed E-state index contributed by atoms with van der Waals surface area (Å²) in [7, 11) is 2.83. The van der Waals surface area contributed by atoms with Crippen molar-refractivity contribution < 1.29 is 23.9 Å². The van der Waals surface area contributed by atoms with E-state index in [1.165, 1.54) is 31.4 Å². The lowest BCUT2D eigenvalue weighted by atomic mass is 10.0. The zero-order valence-corrected chi connectivity index (χ0v) is 15.4. The van der Waals surface area contributed by atoms with E-state index in [1.54, 1.807) is 7.11 Å². The summed E-state index contributed by atoms with van der Waals surface area (Å²) in [5.74, 6) is -2.06. The van der Waals surface area contributed by atoms with Gasteiger partial charge < -0.3 is 20.1 Å². The Morgan fingerprint density at radius 2 is 1.63 bits per heavy atom. The Morgan fingerprint density at radius 3 is 2.22 bits per heavy atom. The van der Waals surface area contributed by atoms with Crippen molar-refractivity contribution in [1.82, 2.24) is 5.32 Å². The number of benzene rings is 2. The summed E-state index contributed by atoms with van der Waals surface area (Å²) in [5.41, 5.74) is 2.72. The van der Waals surface area contributed by atoms with Gasteiger partial charge in [0.05, 0.1) is 18.8 Å². The van der Waals surface area contributed by atoms with E-state index in [0.29, 0.717) is 11.3 Å². The molecule has 0 aliphatic carbocycles. The number of methoxy groups -OCH3 is 2. The fourth-order valence-corrected chi connectivity index (χ4v) is 2.53. The van der Waals surface area contributed by atoms with E-state index in [4.69, 9.17) is 4.74 Å². The Bertz CT molecular complexity index is 817. The maximum absolute atomic E-state index is 12.1. The molecule has 27 heavy (non-hydrogen) atoms. The van der Waals surface area contributed by atoms with E-state index in [9.17, 15) is 14.4 Å². The molecule has 0 bridgehead atoms. The summed E-state index contributed by atoms with van der Waals surface area (Å²) < 4.78 is 10.0. The molecule has 0 spiro atoms. The number of aryl methyl sites for hydroxylation is 1. The fraction of sp³-hybridized carbons (Fsp3) is 0.250. The van der Waals surface area contributed by atoms with Crippen LogP contribution in [0.5, 0.6) is 0 Å². The molecule has 2 aromatic carbocycles. The first-order valence-corrected chi connectivity index (χ1v) is 8.32. The highest BCUT2D eigenvalue weighted by molar-refractivity contribution is 6.39. The van der Waals surface area contributed by atoms with Crippen molar-refractivity contribution >= 4 is 23.5 Å². The largest absolute Gasteiger partial charge is 0.465 e. The SMILES string of the molecule is COC(=O)c1ccc(NC(=O)C(=O)NC[C@H](OC)c2ccccc2C)cc1. The summed E-state index contributed by atoms with van der Waals surface area (Å²) in [6.45, 7) is 2.11. The molecule has 0 radical (unpaired) electrons. The smallest absolute Gasteiger partial charge is 0.337 e. The molecule has 1 atom stereocenters. The minimum Gasteiger partial charge on any atom is -0.465 e. The number of carbonyl (C=O) groups excluding carboxylic acids is 3. The van der Waals surface area contributed by atoms with Gasteiger partial charge in [-0.25, -0.2) is 4.79 Å². The van der Waals surface area contributed by atoms with E-state index >= 15 is 0 Å². The zero-order chi connectivity index (χ0) is 19.8. The van der Waals surface area contributed by atoms with Gasteiger partial charge in [0.15, 0.2) is 0 Å². The normalized spacial score (nSPS) is 11.4. The Kier molecular flexibility index (Phi) is 7.08. The lowest BCUT2D eigenvalue weighted by molar-refractivity contribution is -0.136. The summed E-state index contributed by atoms with van der Waals surface area (Å²) in [4.78, 5) is 35.5. The van der Waals surface area contributed by atoms with Gasteiger partial charge in [-0.15, -0.1) is 0 Å². The molecule has 2 N–H and O–H groups in total. The molecule has 2 rings (SSSR count). The molecule has 0 heterocycles. The van der Waals surface area contributed by atoms with Crippen molar-refractivity contribution in [3.8, 4) is 0 Å². The predicted molar refractivity (Wildman–Crippen MR) is 100 cm³/mol.